The first-order valence-corrected chi connectivity index (χ1v) is 9.47. The molecular weight excluding hydrogens is 324 g/mol. The van der Waals surface area contributed by atoms with Gasteiger partial charge >= 0.3 is 5.97 Å². The number of hydrogen-bond acceptors (Lipinski definition) is 3. The normalized spacial score (nSPS) is 13.2. The van der Waals surface area contributed by atoms with E-state index in [-0.39, 0.29) is 12.1 Å². The predicted molar refractivity (Wildman–Crippen MR) is 106 cm³/mol. The van der Waals surface area contributed by atoms with Crippen LogP contribution in [0.5, 0.6) is 0 Å². The lowest BCUT2D eigenvalue weighted by Crippen LogP contribution is -2.23. The van der Waals surface area contributed by atoms with Gasteiger partial charge in [0, 0.05) is 7.11 Å². The smallest absolute Gasteiger partial charge is 0.335 e. The minimum Gasteiger partial charge on any atom is -0.456 e. The fourth-order valence-electron chi connectivity index (χ4n) is 2.82. The molecule has 0 radical (unpaired) electrons. The molecule has 0 fully saturated rings. The van der Waals surface area contributed by atoms with E-state index in [2.05, 4.69) is 43.3 Å². The first-order chi connectivity index (χ1) is 12.5. The second-order valence-electron chi connectivity index (χ2n) is 6.73. The van der Waals surface area contributed by atoms with E-state index in [9.17, 15) is 4.79 Å². The van der Waals surface area contributed by atoms with Crippen LogP contribution in [0.1, 0.15) is 57.3 Å². The SMILES string of the molecule is CCCCCc1ccc(-c2ccc(C(C)OC(=O)C(C)OC)cc2)cc1. The van der Waals surface area contributed by atoms with Gasteiger partial charge in [-0.25, -0.2) is 4.79 Å². The Morgan fingerprint density at radius 3 is 2.04 bits per heavy atom. The van der Waals surface area contributed by atoms with Gasteiger partial charge in [0.2, 0.25) is 0 Å². The van der Waals surface area contributed by atoms with E-state index in [1.54, 1.807) is 6.92 Å². The molecule has 0 amide bonds. The lowest BCUT2D eigenvalue weighted by atomic mass is 9.99. The Kier molecular flexibility index (Phi) is 7.86. The van der Waals surface area contributed by atoms with Gasteiger partial charge < -0.3 is 9.47 Å². The third-order valence-electron chi connectivity index (χ3n) is 4.71. The van der Waals surface area contributed by atoms with Crippen molar-refractivity contribution in [2.75, 3.05) is 7.11 Å². The highest BCUT2D eigenvalue weighted by Gasteiger charge is 2.17. The van der Waals surface area contributed by atoms with Gasteiger partial charge in [0.15, 0.2) is 6.10 Å². The van der Waals surface area contributed by atoms with Crippen molar-refractivity contribution in [3.05, 3.63) is 59.7 Å². The third kappa shape index (κ3) is 5.70. The van der Waals surface area contributed by atoms with Crippen molar-refractivity contribution in [3.8, 4) is 11.1 Å². The first kappa shape index (κ1) is 20.2. The van der Waals surface area contributed by atoms with Gasteiger partial charge in [-0.1, -0.05) is 68.3 Å². The number of methoxy groups -OCH3 is 1. The fraction of sp³-hybridized carbons (Fsp3) is 0.435. The summed E-state index contributed by atoms with van der Waals surface area (Å²) in [5, 5.41) is 0. The minimum absolute atomic E-state index is 0.296. The van der Waals surface area contributed by atoms with Crippen LogP contribution in [0.2, 0.25) is 0 Å². The number of benzene rings is 2. The van der Waals surface area contributed by atoms with E-state index < -0.39 is 6.10 Å². The number of unbranched alkanes of at least 4 members (excludes halogenated alkanes) is 2. The lowest BCUT2D eigenvalue weighted by Gasteiger charge is -2.16. The molecule has 2 aromatic rings. The van der Waals surface area contributed by atoms with Crippen LogP contribution < -0.4 is 0 Å². The van der Waals surface area contributed by atoms with Crippen molar-refractivity contribution in [2.45, 2.75) is 58.7 Å². The van der Waals surface area contributed by atoms with Crippen molar-refractivity contribution in [1.82, 2.24) is 0 Å². The van der Waals surface area contributed by atoms with Gasteiger partial charge in [0.25, 0.3) is 0 Å². The second-order valence-corrected chi connectivity index (χ2v) is 6.73. The maximum Gasteiger partial charge on any atom is 0.335 e. The Hall–Kier alpha value is -2.13. The summed E-state index contributed by atoms with van der Waals surface area (Å²) in [4.78, 5) is 11.8. The third-order valence-corrected chi connectivity index (χ3v) is 4.71. The summed E-state index contributed by atoms with van der Waals surface area (Å²) in [5.74, 6) is -0.345. The first-order valence-electron chi connectivity index (χ1n) is 9.47. The zero-order valence-electron chi connectivity index (χ0n) is 16.3. The molecule has 26 heavy (non-hydrogen) atoms. The van der Waals surface area contributed by atoms with Gasteiger partial charge in [0.1, 0.15) is 6.10 Å². The Balaban J connectivity index is 1.99. The van der Waals surface area contributed by atoms with Gasteiger partial charge in [0.05, 0.1) is 0 Å². The molecule has 2 aromatic carbocycles. The molecule has 0 heterocycles. The average molecular weight is 354 g/mol. The number of aryl methyl sites for hydroxylation is 1. The second kappa shape index (κ2) is 10.1. The summed E-state index contributed by atoms with van der Waals surface area (Å²) in [5.41, 5.74) is 4.74. The summed E-state index contributed by atoms with van der Waals surface area (Å²) in [6.07, 6.45) is 4.10. The molecule has 140 valence electrons. The van der Waals surface area contributed by atoms with Crippen molar-refractivity contribution in [3.63, 3.8) is 0 Å². The molecule has 0 saturated heterocycles. The molecule has 0 aliphatic rings. The molecule has 3 nitrogen and oxygen atoms in total. The van der Waals surface area contributed by atoms with Crippen LogP contribution in [0.4, 0.5) is 0 Å². The number of rotatable bonds is 9. The number of ether oxygens (including phenoxy) is 2. The number of esters is 1. The van der Waals surface area contributed by atoms with E-state index in [0.29, 0.717) is 0 Å². The molecule has 2 rings (SSSR count). The van der Waals surface area contributed by atoms with Crippen molar-refractivity contribution < 1.29 is 14.3 Å². The Labute approximate surface area is 157 Å². The molecule has 3 heteroatoms. The summed E-state index contributed by atoms with van der Waals surface area (Å²) in [6, 6.07) is 17.0. The Morgan fingerprint density at radius 1 is 0.923 bits per heavy atom. The van der Waals surface area contributed by atoms with Gasteiger partial charge in [-0.2, -0.15) is 0 Å². The van der Waals surface area contributed by atoms with Crippen LogP contribution in [-0.4, -0.2) is 19.2 Å². The van der Waals surface area contributed by atoms with Crippen molar-refractivity contribution in [2.24, 2.45) is 0 Å². The molecule has 0 saturated carbocycles. The minimum atomic E-state index is -0.549. The molecule has 0 aliphatic carbocycles. The van der Waals surface area contributed by atoms with Crippen molar-refractivity contribution >= 4 is 5.97 Å². The van der Waals surface area contributed by atoms with Crippen LogP contribution >= 0.6 is 0 Å². The van der Waals surface area contributed by atoms with E-state index >= 15 is 0 Å². The van der Waals surface area contributed by atoms with Gasteiger partial charge in [-0.05, 0) is 48.9 Å². The summed E-state index contributed by atoms with van der Waals surface area (Å²) in [6.45, 7) is 5.79. The monoisotopic (exact) mass is 354 g/mol. The average Bonchev–Trinajstić information content (AvgIpc) is 2.68. The van der Waals surface area contributed by atoms with Gasteiger partial charge in [-0.3, -0.25) is 0 Å². The largest absolute Gasteiger partial charge is 0.456 e. The topological polar surface area (TPSA) is 35.5 Å². The molecular formula is C23H30O3. The zero-order chi connectivity index (χ0) is 18.9. The van der Waals surface area contributed by atoms with E-state index in [0.717, 1.165) is 17.5 Å². The van der Waals surface area contributed by atoms with Gasteiger partial charge in [-0.15, -0.1) is 0 Å². The Morgan fingerprint density at radius 2 is 1.50 bits per heavy atom. The standard InChI is InChI=1S/C23H30O3/c1-5-6-7-8-19-9-11-21(12-10-19)22-15-13-20(14-16-22)17(2)26-23(24)18(3)25-4/h9-18H,5-8H2,1-4H3. The number of carbonyl (C=O) groups excluding carboxylic acids is 1. The quantitative estimate of drug-likeness (QED) is 0.426. The highest BCUT2D eigenvalue weighted by Crippen LogP contribution is 2.24. The maximum absolute atomic E-state index is 11.8. The van der Waals surface area contributed by atoms with Crippen LogP contribution in [-0.2, 0) is 20.7 Å². The maximum atomic E-state index is 11.8. The highest BCUT2D eigenvalue weighted by molar-refractivity contribution is 5.74. The number of hydrogen-bond donors (Lipinski definition) is 0. The van der Waals surface area contributed by atoms with Crippen LogP contribution in [0, 0.1) is 0 Å². The highest BCUT2D eigenvalue weighted by atomic mass is 16.6. The Bertz CT molecular complexity index is 674. The molecule has 0 aromatic heterocycles. The molecule has 0 N–H and O–H groups in total. The van der Waals surface area contributed by atoms with E-state index in [1.807, 2.05) is 19.1 Å². The summed E-state index contributed by atoms with van der Waals surface area (Å²) >= 11 is 0. The van der Waals surface area contributed by atoms with Crippen LogP contribution in [0.15, 0.2) is 48.5 Å². The van der Waals surface area contributed by atoms with E-state index in [1.165, 1.54) is 37.5 Å². The van der Waals surface area contributed by atoms with Crippen molar-refractivity contribution in [1.29, 1.82) is 0 Å². The molecule has 2 unspecified atom stereocenters. The van der Waals surface area contributed by atoms with Crippen LogP contribution in [0.25, 0.3) is 11.1 Å². The molecule has 0 spiro atoms. The summed E-state index contributed by atoms with van der Waals surface area (Å²) in [7, 11) is 1.50. The predicted octanol–water partition coefficient (Wildman–Crippen LogP) is 5.73. The fourth-order valence-corrected chi connectivity index (χ4v) is 2.82. The zero-order valence-corrected chi connectivity index (χ0v) is 16.3. The lowest BCUT2D eigenvalue weighted by molar-refractivity contribution is -0.159. The molecule has 2 atom stereocenters. The molecule has 0 bridgehead atoms. The number of carbonyl (C=O) groups is 1. The van der Waals surface area contributed by atoms with E-state index in [4.69, 9.17) is 9.47 Å². The van der Waals surface area contributed by atoms with Crippen LogP contribution in [0.3, 0.4) is 0 Å². The summed E-state index contributed by atoms with van der Waals surface area (Å²) < 4.78 is 10.4. The molecule has 0 aliphatic heterocycles.